The van der Waals surface area contributed by atoms with E-state index < -0.39 is 28.8 Å². The molecule has 0 atom stereocenters. The van der Waals surface area contributed by atoms with Crippen LogP contribution in [0, 0.1) is 0 Å². The van der Waals surface area contributed by atoms with Gasteiger partial charge in [-0.25, -0.2) is 14.6 Å². The van der Waals surface area contributed by atoms with Crippen LogP contribution in [-0.4, -0.2) is 36.6 Å². The van der Waals surface area contributed by atoms with E-state index in [2.05, 4.69) is 4.98 Å². The Kier molecular flexibility index (Phi) is 4.40. The molecule has 2 aromatic heterocycles. The van der Waals surface area contributed by atoms with Crippen molar-refractivity contribution in [2.24, 2.45) is 5.73 Å². The first-order valence-electron chi connectivity index (χ1n) is 4.95. The number of primary amides is 1. The van der Waals surface area contributed by atoms with Gasteiger partial charge >= 0.3 is 11.7 Å². The fourth-order valence-corrected chi connectivity index (χ4v) is 1.05. The average molecular weight is 282 g/mol. The van der Waals surface area contributed by atoms with Crippen LogP contribution in [0.25, 0.3) is 0 Å². The molecule has 0 bridgehead atoms. The number of nitrogens with one attached hydrogen (secondary N) is 2. The fraction of sp³-hybridized carbons (Fsp3) is 0. The third-order valence-electron chi connectivity index (χ3n) is 1.84. The number of hydrogen-bond acceptors (Lipinski definition) is 6. The number of carbonyl (C=O) groups excluding carboxylic acids is 1. The Labute approximate surface area is 109 Å². The molecule has 0 saturated heterocycles. The number of nitrogens with two attached hydrogens (primary N) is 2. The Morgan fingerprint density at radius 2 is 1.95 bits per heavy atom. The van der Waals surface area contributed by atoms with Gasteiger partial charge in [0.25, 0.3) is 11.5 Å². The number of carboxylic acids is 1. The molecule has 0 fully saturated rings. The van der Waals surface area contributed by atoms with Crippen LogP contribution in [0.1, 0.15) is 21.0 Å². The van der Waals surface area contributed by atoms with E-state index in [1.54, 1.807) is 0 Å². The van der Waals surface area contributed by atoms with E-state index in [-0.39, 0.29) is 5.69 Å². The van der Waals surface area contributed by atoms with Crippen LogP contribution in [-0.2, 0) is 0 Å². The minimum Gasteiger partial charge on any atom is -0.477 e. The van der Waals surface area contributed by atoms with Crippen molar-refractivity contribution in [3.63, 3.8) is 0 Å². The molecule has 0 radical (unpaired) electrons. The molecule has 0 spiro atoms. The summed E-state index contributed by atoms with van der Waals surface area (Å²) in [6, 6.07) is 0.795. The first-order chi connectivity index (χ1) is 9.29. The quantitative estimate of drug-likeness (QED) is 0.374. The van der Waals surface area contributed by atoms with Gasteiger partial charge in [0.15, 0.2) is 0 Å². The topological polar surface area (TPSA) is 190 Å². The summed E-state index contributed by atoms with van der Waals surface area (Å²) in [4.78, 5) is 48.8. The Hall–Kier alpha value is -3.37. The van der Waals surface area contributed by atoms with Crippen molar-refractivity contribution in [2.45, 2.75) is 0 Å². The first kappa shape index (κ1) is 14.7. The zero-order chi connectivity index (χ0) is 15.3. The predicted octanol–water partition coefficient (Wildman–Crippen LogP) is -2.54. The molecular weight excluding hydrogens is 272 g/mol. The number of rotatable bonds is 2. The van der Waals surface area contributed by atoms with E-state index in [9.17, 15) is 19.2 Å². The molecule has 20 heavy (non-hydrogen) atoms. The third-order valence-corrected chi connectivity index (χ3v) is 1.84. The monoisotopic (exact) mass is 282 g/mol. The molecule has 0 unspecified atom stereocenters. The van der Waals surface area contributed by atoms with Crippen molar-refractivity contribution in [3.8, 4) is 0 Å². The summed E-state index contributed by atoms with van der Waals surface area (Å²) in [5, 5.41) is 8.31. The summed E-state index contributed by atoms with van der Waals surface area (Å²) in [5.41, 5.74) is 3.06. The van der Waals surface area contributed by atoms with E-state index in [1.807, 2.05) is 9.97 Å². The van der Waals surface area contributed by atoms with Gasteiger partial charge in [0.2, 0.25) is 0 Å². The second-order valence-corrected chi connectivity index (χ2v) is 3.38. The van der Waals surface area contributed by atoms with Gasteiger partial charge in [-0.3, -0.25) is 19.2 Å². The summed E-state index contributed by atoms with van der Waals surface area (Å²) < 4.78 is 1.17. The van der Waals surface area contributed by atoms with E-state index in [1.165, 1.54) is 17.2 Å². The zero-order valence-electron chi connectivity index (χ0n) is 9.86. The molecule has 0 aliphatic heterocycles. The van der Waals surface area contributed by atoms with E-state index >= 15 is 0 Å². The maximum Gasteiger partial charge on any atom is 0.352 e. The van der Waals surface area contributed by atoms with Crippen molar-refractivity contribution >= 4 is 11.9 Å². The Morgan fingerprint density at radius 3 is 2.30 bits per heavy atom. The SMILES string of the molecule is NC(=O)c1cn(N)cn1.O=C(O)c1cc(=O)[nH]c(=O)[nH]1. The van der Waals surface area contributed by atoms with Crippen LogP contribution in [0.4, 0.5) is 0 Å². The summed E-state index contributed by atoms with van der Waals surface area (Å²) in [6.07, 6.45) is 2.66. The molecule has 0 aromatic carbocycles. The molecule has 2 heterocycles. The average Bonchev–Trinajstić information content (AvgIpc) is 2.75. The van der Waals surface area contributed by atoms with Gasteiger partial charge in [0, 0.05) is 6.07 Å². The number of nitrogens with zero attached hydrogens (tertiary/aromatic N) is 2. The minimum atomic E-state index is -1.34. The standard InChI is InChI=1S/C5H4N2O4.C4H6N4O/c8-3-1-2(4(9)10)6-5(11)7-3;5-4(9)3-1-8(6)2-7-3/h1H,(H,9,10)(H2,6,7,8,11);1-2H,6H2,(H2,5,9). The molecule has 0 aliphatic carbocycles. The Bertz CT molecular complexity index is 713. The maximum absolute atomic E-state index is 10.5. The van der Waals surface area contributed by atoms with Crippen LogP contribution in [0.15, 0.2) is 28.2 Å². The highest BCUT2D eigenvalue weighted by Crippen LogP contribution is 1.88. The lowest BCUT2D eigenvalue weighted by molar-refractivity contribution is 0.0689. The largest absolute Gasteiger partial charge is 0.477 e. The number of carbonyl (C=O) groups is 2. The lowest BCUT2D eigenvalue weighted by Crippen LogP contribution is -2.24. The highest BCUT2D eigenvalue weighted by atomic mass is 16.4. The van der Waals surface area contributed by atoms with Gasteiger partial charge in [0.1, 0.15) is 17.7 Å². The van der Waals surface area contributed by atoms with E-state index in [0.29, 0.717) is 0 Å². The van der Waals surface area contributed by atoms with Crippen LogP contribution in [0.3, 0.4) is 0 Å². The number of amides is 1. The second-order valence-electron chi connectivity index (χ2n) is 3.38. The molecule has 11 nitrogen and oxygen atoms in total. The molecule has 11 heteroatoms. The third kappa shape index (κ3) is 4.14. The van der Waals surface area contributed by atoms with Crippen LogP contribution < -0.4 is 22.8 Å². The van der Waals surface area contributed by atoms with Gasteiger partial charge in [-0.05, 0) is 0 Å². The molecule has 0 saturated carbocycles. The maximum atomic E-state index is 10.5. The number of nitrogen functional groups attached to an aromatic ring is 1. The van der Waals surface area contributed by atoms with Crippen molar-refractivity contribution in [2.75, 3.05) is 5.84 Å². The molecule has 7 N–H and O–H groups in total. The zero-order valence-corrected chi connectivity index (χ0v) is 9.86. The molecular formula is C9H10N6O5. The first-order valence-corrected chi connectivity index (χ1v) is 4.95. The lowest BCUT2D eigenvalue weighted by Gasteiger charge is -1.89. The highest BCUT2D eigenvalue weighted by Gasteiger charge is 2.03. The van der Waals surface area contributed by atoms with Crippen LogP contribution in [0.2, 0.25) is 0 Å². The number of aromatic nitrogens is 4. The molecule has 2 aromatic rings. The van der Waals surface area contributed by atoms with Gasteiger partial charge in [-0.1, -0.05) is 0 Å². The van der Waals surface area contributed by atoms with Crippen molar-refractivity contribution < 1.29 is 14.7 Å². The summed E-state index contributed by atoms with van der Waals surface area (Å²) in [6.45, 7) is 0. The minimum absolute atomic E-state index is 0.178. The van der Waals surface area contributed by atoms with E-state index in [4.69, 9.17) is 16.7 Å². The van der Waals surface area contributed by atoms with Gasteiger partial charge in [-0.15, -0.1) is 0 Å². The number of hydrogen-bond donors (Lipinski definition) is 5. The lowest BCUT2D eigenvalue weighted by atomic mass is 10.4. The fourth-order valence-electron chi connectivity index (χ4n) is 1.05. The van der Waals surface area contributed by atoms with Crippen molar-refractivity contribution in [1.82, 2.24) is 19.6 Å². The smallest absolute Gasteiger partial charge is 0.352 e. The summed E-state index contributed by atoms with van der Waals surface area (Å²) in [7, 11) is 0. The number of H-pyrrole nitrogens is 2. The normalized spacial score (nSPS) is 9.40. The number of carboxylic acid groups (broad SMARTS) is 1. The number of aromatic amines is 2. The van der Waals surface area contributed by atoms with Crippen LogP contribution in [0.5, 0.6) is 0 Å². The number of aromatic carboxylic acids is 1. The number of imidazole rings is 1. The molecule has 1 amide bonds. The predicted molar refractivity (Wildman–Crippen MR) is 65.5 cm³/mol. The van der Waals surface area contributed by atoms with Crippen LogP contribution >= 0.6 is 0 Å². The summed E-state index contributed by atoms with van der Waals surface area (Å²) >= 11 is 0. The highest BCUT2D eigenvalue weighted by molar-refractivity contribution is 5.90. The van der Waals surface area contributed by atoms with Gasteiger partial charge in [0.05, 0.1) is 6.20 Å². The van der Waals surface area contributed by atoms with Crippen molar-refractivity contribution in [3.05, 3.63) is 50.8 Å². The Balaban J connectivity index is 0.000000204. The van der Waals surface area contributed by atoms with E-state index in [0.717, 1.165) is 6.07 Å². The van der Waals surface area contributed by atoms with Gasteiger partial charge < -0.3 is 21.7 Å². The van der Waals surface area contributed by atoms with Crippen molar-refractivity contribution in [1.29, 1.82) is 0 Å². The molecule has 2 rings (SSSR count). The van der Waals surface area contributed by atoms with Gasteiger partial charge in [-0.2, -0.15) is 0 Å². The summed E-state index contributed by atoms with van der Waals surface area (Å²) in [5.74, 6) is 3.25. The Morgan fingerprint density at radius 1 is 1.30 bits per heavy atom. The molecule has 0 aliphatic rings. The molecule has 106 valence electrons. The second kappa shape index (κ2) is 5.99.